The second kappa shape index (κ2) is 7.46. The highest BCUT2D eigenvalue weighted by Gasteiger charge is 2.35. The molecule has 2 aliphatic heterocycles. The van der Waals surface area contributed by atoms with Gasteiger partial charge in [-0.25, -0.2) is 4.39 Å². The lowest BCUT2D eigenvalue weighted by Crippen LogP contribution is -2.56. The van der Waals surface area contributed by atoms with E-state index in [1.165, 1.54) is 12.1 Å². The minimum absolute atomic E-state index is 0.206. The summed E-state index contributed by atoms with van der Waals surface area (Å²) in [5.41, 5.74) is 6.97. The van der Waals surface area contributed by atoms with Crippen LogP contribution in [0.3, 0.4) is 0 Å². The lowest BCUT2D eigenvalue weighted by molar-refractivity contribution is -0.129. The van der Waals surface area contributed by atoms with Crippen LogP contribution in [0.5, 0.6) is 0 Å². The number of nitrogens with one attached hydrogen (secondary N) is 1. The number of amides is 1. The van der Waals surface area contributed by atoms with Crippen LogP contribution in [-0.2, 0) is 20.8 Å². The number of ether oxygens (including phenoxy) is 2. The molecule has 0 atom stereocenters. The molecule has 1 aromatic carbocycles. The van der Waals surface area contributed by atoms with Gasteiger partial charge in [0.25, 0.3) is 0 Å². The van der Waals surface area contributed by atoms with E-state index in [0.29, 0.717) is 39.3 Å². The van der Waals surface area contributed by atoms with Gasteiger partial charge in [0.15, 0.2) is 0 Å². The third kappa shape index (κ3) is 3.85. The number of benzene rings is 1. The molecule has 0 aromatic heterocycles. The molecule has 0 saturated carbocycles. The van der Waals surface area contributed by atoms with Gasteiger partial charge >= 0.3 is 0 Å². The molecular weight excluding hydrogens is 313 g/mol. The maximum absolute atomic E-state index is 13.7. The van der Waals surface area contributed by atoms with Crippen LogP contribution in [0.1, 0.15) is 18.4 Å². The molecule has 132 valence electrons. The van der Waals surface area contributed by atoms with Gasteiger partial charge in [-0.2, -0.15) is 0 Å². The Morgan fingerprint density at radius 3 is 2.58 bits per heavy atom. The number of halogens is 1. The Balaban J connectivity index is 1.69. The van der Waals surface area contributed by atoms with Crippen LogP contribution < -0.4 is 16.0 Å². The zero-order valence-corrected chi connectivity index (χ0v) is 13.7. The van der Waals surface area contributed by atoms with Crippen LogP contribution in [0.25, 0.3) is 0 Å². The number of anilines is 1. The molecule has 0 radical (unpaired) electrons. The minimum atomic E-state index is -0.898. The molecule has 1 amide bonds. The van der Waals surface area contributed by atoms with E-state index in [1.54, 1.807) is 6.07 Å². The fourth-order valence-electron chi connectivity index (χ4n) is 3.12. The summed E-state index contributed by atoms with van der Waals surface area (Å²) >= 11 is 0. The lowest BCUT2D eigenvalue weighted by atomic mass is 9.90. The van der Waals surface area contributed by atoms with Crippen LogP contribution >= 0.6 is 0 Å². The van der Waals surface area contributed by atoms with Gasteiger partial charge in [-0.05, 0) is 36.6 Å². The van der Waals surface area contributed by atoms with Gasteiger partial charge < -0.3 is 25.4 Å². The van der Waals surface area contributed by atoms with Crippen molar-refractivity contribution in [2.24, 2.45) is 5.73 Å². The predicted molar refractivity (Wildman–Crippen MR) is 88.3 cm³/mol. The molecule has 0 aliphatic carbocycles. The fourth-order valence-corrected chi connectivity index (χ4v) is 3.12. The van der Waals surface area contributed by atoms with Gasteiger partial charge in [0, 0.05) is 38.5 Å². The van der Waals surface area contributed by atoms with Crippen molar-refractivity contribution in [2.45, 2.75) is 24.9 Å². The van der Waals surface area contributed by atoms with Crippen LogP contribution in [0.4, 0.5) is 10.1 Å². The van der Waals surface area contributed by atoms with Crippen molar-refractivity contribution in [1.82, 2.24) is 5.32 Å². The highest BCUT2D eigenvalue weighted by Crippen LogP contribution is 2.24. The van der Waals surface area contributed by atoms with Gasteiger partial charge in [-0.15, -0.1) is 0 Å². The van der Waals surface area contributed by atoms with E-state index in [1.807, 2.05) is 0 Å². The van der Waals surface area contributed by atoms with Crippen molar-refractivity contribution in [3.8, 4) is 0 Å². The molecule has 24 heavy (non-hydrogen) atoms. The molecule has 2 aliphatic rings. The van der Waals surface area contributed by atoms with Gasteiger partial charge in [0.2, 0.25) is 5.91 Å². The van der Waals surface area contributed by atoms with E-state index in [0.717, 1.165) is 24.3 Å². The second-order valence-electron chi connectivity index (χ2n) is 6.32. The minimum Gasteiger partial charge on any atom is -0.381 e. The molecule has 2 heterocycles. The zero-order valence-electron chi connectivity index (χ0n) is 13.7. The molecule has 1 aromatic rings. The number of hydrogen-bond donors (Lipinski definition) is 2. The van der Waals surface area contributed by atoms with E-state index in [9.17, 15) is 9.18 Å². The highest BCUT2D eigenvalue weighted by atomic mass is 19.1. The zero-order chi connectivity index (χ0) is 17.0. The quantitative estimate of drug-likeness (QED) is 0.849. The number of carbonyl (C=O) groups excluding carboxylic acids is 1. The van der Waals surface area contributed by atoms with Crippen molar-refractivity contribution >= 4 is 11.6 Å². The molecule has 0 unspecified atom stereocenters. The Labute approximate surface area is 141 Å². The van der Waals surface area contributed by atoms with Crippen molar-refractivity contribution in [3.05, 3.63) is 29.6 Å². The summed E-state index contributed by atoms with van der Waals surface area (Å²) in [5, 5.41) is 2.87. The number of rotatable bonds is 4. The molecule has 7 heteroatoms. The van der Waals surface area contributed by atoms with Crippen molar-refractivity contribution in [3.63, 3.8) is 0 Å². The number of morpholine rings is 1. The highest BCUT2D eigenvalue weighted by molar-refractivity contribution is 5.86. The largest absolute Gasteiger partial charge is 0.381 e. The maximum Gasteiger partial charge on any atom is 0.240 e. The summed E-state index contributed by atoms with van der Waals surface area (Å²) in [4.78, 5) is 14.6. The van der Waals surface area contributed by atoms with Crippen molar-refractivity contribution in [2.75, 3.05) is 44.4 Å². The van der Waals surface area contributed by atoms with Crippen LogP contribution in [0.2, 0.25) is 0 Å². The van der Waals surface area contributed by atoms with Crippen molar-refractivity contribution in [1.29, 1.82) is 0 Å². The Morgan fingerprint density at radius 1 is 1.21 bits per heavy atom. The summed E-state index contributed by atoms with van der Waals surface area (Å²) in [6, 6.07) is 4.67. The Hall–Kier alpha value is -1.70. The van der Waals surface area contributed by atoms with Crippen LogP contribution in [-0.4, -0.2) is 51.0 Å². The normalized spacial score (nSPS) is 20.7. The average molecular weight is 337 g/mol. The molecule has 2 saturated heterocycles. The monoisotopic (exact) mass is 337 g/mol. The molecule has 6 nitrogen and oxygen atoms in total. The summed E-state index contributed by atoms with van der Waals surface area (Å²) < 4.78 is 24.3. The smallest absolute Gasteiger partial charge is 0.240 e. The van der Waals surface area contributed by atoms with Gasteiger partial charge in [0.05, 0.1) is 18.8 Å². The Kier molecular flexibility index (Phi) is 5.33. The molecular formula is C17H24FN3O3. The standard InChI is InChI=1S/C17H24FN3O3/c18-14-1-2-15(21-5-9-24-10-6-21)13(11-14)12-20-16(22)17(19)3-7-23-8-4-17/h1-2,11H,3-10,12,19H2,(H,20,22). The molecule has 3 rings (SSSR count). The third-order valence-electron chi connectivity index (χ3n) is 4.67. The van der Waals surface area contributed by atoms with Gasteiger partial charge in [0.1, 0.15) is 5.82 Å². The average Bonchev–Trinajstić information content (AvgIpc) is 2.61. The number of nitrogens with two attached hydrogens (primary N) is 1. The Bertz CT molecular complexity index is 584. The predicted octanol–water partition coefficient (Wildman–Crippen LogP) is 0.786. The summed E-state index contributed by atoms with van der Waals surface area (Å²) in [6.45, 7) is 4.04. The van der Waals surface area contributed by atoms with Crippen LogP contribution in [0.15, 0.2) is 18.2 Å². The van der Waals surface area contributed by atoms with Gasteiger partial charge in [-0.3, -0.25) is 4.79 Å². The molecule has 0 bridgehead atoms. The first-order valence-corrected chi connectivity index (χ1v) is 8.34. The summed E-state index contributed by atoms with van der Waals surface area (Å²) in [6.07, 6.45) is 0.997. The molecule has 3 N–H and O–H groups in total. The summed E-state index contributed by atoms with van der Waals surface area (Å²) in [5.74, 6) is -0.521. The van der Waals surface area contributed by atoms with Crippen molar-refractivity contribution < 1.29 is 18.7 Å². The number of nitrogens with zero attached hydrogens (tertiary/aromatic N) is 1. The fraction of sp³-hybridized carbons (Fsp3) is 0.588. The number of hydrogen-bond acceptors (Lipinski definition) is 5. The van der Waals surface area contributed by atoms with E-state index in [-0.39, 0.29) is 18.3 Å². The van der Waals surface area contributed by atoms with E-state index in [4.69, 9.17) is 15.2 Å². The maximum atomic E-state index is 13.7. The second-order valence-corrected chi connectivity index (χ2v) is 6.32. The SMILES string of the molecule is NC1(C(=O)NCc2cc(F)ccc2N2CCOCC2)CCOCC1. The number of carbonyl (C=O) groups is 1. The van der Waals surface area contributed by atoms with E-state index in [2.05, 4.69) is 10.2 Å². The van der Waals surface area contributed by atoms with E-state index >= 15 is 0 Å². The first-order chi connectivity index (χ1) is 11.6. The van der Waals surface area contributed by atoms with Gasteiger partial charge in [-0.1, -0.05) is 0 Å². The molecule has 0 spiro atoms. The van der Waals surface area contributed by atoms with E-state index < -0.39 is 5.54 Å². The summed E-state index contributed by atoms with van der Waals surface area (Å²) in [7, 11) is 0. The third-order valence-corrected chi connectivity index (χ3v) is 4.67. The van der Waals surface area contributed by atoms with Crippen LogP contribution in [0, 0.1) is 5.82 Å². The Morgan fingerprint density at radius 2 is 1.88 bits per heavy atom. The topological polar surface area (TPSA) is 76.8 Å². The first-order valence-electron chi connectivity index (χ1n) is 8.34. The lowest BCUT2D eigenvalue weighted by Gasteiger charge is -2.33. The first kappa shape index (κ1) is 17.1. The molecule has 2 fully saturated rings.